The summed E-state index contributed by atoms with van der Waals surface area (Å²) in [6, 6.07) is 10.9. The lowest BCUT2D eigenvalue weighted by atomic mass is 9.80. The van der Waals surface area contributed by atoms with Crippen molar-refractivity contribution < 1.29 is 4.79 Å². The van der Waals surface area contributed by atoms with Crippen molar-refractivity contribution in [3.8, 4) is 0 Å². The van der Waals surface area contributed by atoms with Crippen LogP contribution in [0.1, 0.15) is 33.9 Å². The molecule has 1 aliphatic carbocycles. The molecule has 1 heterocycles. The molecule has 1 N–H and O–H groups in total. The third kappa shape index (κ3) is 2.79. The van der Waals surface area contributed by atoms with Gasteiger partial charge in [0.05, 0.1) is 0 Å². The Morgan fingerprint density at radius 3 is 2.95 bits per heavy atom. The van der Waals surface area contributed by atoms with Gasteiger partial charge in [0.2, 0.25) is 5.91 Å². The van der Waals surface area contributed by atoms with Crippen LogP contribution in [0.25, 0.3) is 0 Å². The molecular weight excluding hydrogens is 278 g/mol. The first-order valence-electron chi connectivity index (χ1n) is 7.23. The van der Waals surface area contributed by atoms with Crippen molar-refractivity contribution in [3.63, 3.8) is 0 Å². The predicted molar refractivity (Wildman–Crippen MR) is 87.8 cm³/mol. The number of thiophene rings is 1. The first-order chi connectivity index (χ1) is 10.2. The first-order valence-corrected chi connectivity index (χ1v) is 8.11. The van der Waals surface area contributed by atoms with E-state index in [2.05, 4.69) is 54.5 Å². The summed E-state index contributed by atoms with van der Waals surface area (Å²) in [5, 5.41) is 5.23. The lowest BCUT2D eigenvalue weighted by Gasteiger charge is -2.31. The van der Waals surface area contributed by atoms with Crippen LogP contribution in [0.2, 0.25) is 0 Å². The number of carbonyl (C=O) groups is 1. The van der Waals surface area contributed by atoms with Gasteiger partial charge in [-0.3, -0.25) is 4.79 Å². The predicted octanol–water partition coefficient (Wildman–Crippen LogP) is 3.81. The van der Waals surface area contributed by atoms with Gasteiger partial charge in [-0.05, 0) is 54.0 Å². The van der Waals surface area contributed by atoms with Gasteiger partial charge in [0.1, 0.15) is 0 Å². The second-order valence-electron chi connectivity index (χ2n) is 5.57. The van der Waals surface area contributed by atoms with Crippen LogP contribution in [0.3, 0.4) is 0 Å². The smallest absolute Gasteiger partial charge is 0.243 e. The molecule has 0 saturated carbocycles. The normalized spacial score (nSPS) is 20.6. The number of fused-ring (bicyclic) bond motifs is 1. The van der Waals surface area contributed by atoms with E-state index >= 15 is 0 Å². The minimum Gasteiger partial charge on any atom is -0.349 e. The van der Waals surface area contributed by atoms with Crippen LogP contribution in [0.5, 0.6) is 0 Å². The number of carbonyl (C=O) groups excluding carboxylic acids is 1. The number of hydrogen-bond acceptors (Lipinski definition) is 2. The highest BCUT2D eigenvalue weighted by Gasteiger charge is 2.30. The lowest BCUT2D eigenvalue weighted by Crippen LogP contribution is -2.39. The summed E-state index contributed by atoms with van der Waals surface area (Å²) in [5.74, 6) is 0.298. The van der Waals surface area contributed by atoms with E-state index in [0.717, 1.165) is 12.8 Å². The molecule has 2 atom stereocenters. The molecule has 3 rings (SSSR count). The molecule has 21 heavy (non-hydrogen) atoms. The molecule has 1 aromatic carbocycles. The summed E-state index contributed by atoms with van der Waals surface area (Å²) in [6.45, 7) is 5.70. The average molecular weight is 297 g/mol. The maximum absolute atomic E-state index is 11.6. The molecular formula is C18H19NOS. The Bertz CT molecular complexity index is 673. The van der Waals surface area contributed by atoms with Crippen molar-refractivity contribution in [1.82, 2.24) is 5.32 Å². The fourth-order valence-corrected chi connectivity index (χ4v) is 4.25. The molecule has 1 unspecified atom stereocenters. The number of amides is 1. The van der Waals surface area contributed by atoms with E-state index in [4.69, 9.17) is 0 Å². The molecule has 0 radical (unpaired) electrons. The van der Waals surface area contributed by atoms with E-state index in [0.29, 0.717) is 5.92 Å². The zero-order valence-electron chi connectivity index (χ0n) is 12.1. The van der Waals surface area contributed by atoms with Gasteiger partial charge in [-0.1, -0.05) is 30.8 Å². The Hall–Kier alpha value is -1.87. The van der Waals surface area contributed by atoms with E-state index in [9.17, 15) is 4.79 Å². The van der Waals surface area contributed by atoms with Crippen LogP contribution in [0.4, 0.5) is 0 Å². The first kappa shape index (κ1) is 14.1. The minimum atomic E-state index is -0.0813. The minimum absolute atomic E-state index is 0.0813. The lowest BCUT2D eigenvalue weighted by molar-refractivity contribution is -0.117. The second-order valence-corrected chi connectivity index (χ2v) is 6.52. The van der Waals surface area contributed by atoms with E-state index in [1.165, 1.54) is 27.6 Å². The van der Waals surface area contributed by atoms with Crippen molar-refractivity contribution in [2.24, 2.45) is 0 Å². The van der Waals surface area contributed by atoms with E-state index in [1.54, 1.807) is 0 Å². The Balaban J connectivity index is 1.95. The van der Waals surface area contributed by atoms with Gasteiger partial charge in [0, 0.05) is 16.8 Å². The van der Waals surface area contributed by atoms with Crippen LogP contribution in [0, 0.1) is 6.92 Å². The highest BCUT2D eigenvalue weighted by Crippen LogP contribution is 2.40. The monoisotopic (exact) mass is 297 g/mol. The van der Waals surface area contributed by atoms with Gasteiger partial charge < -0.3 is 5.32 Å². The second kappa shape index (κ2) is 5.86. The van der Waals surface area contributed by atoms with E-state index in [-0.39, 0.29) is 11.9 Å². The van der Waals surface area contributed by atoms with Crippen LogP contribution in [0.15, 0.2) is 48.4 Å². The third-order valence-corrected chi connectivity index (χ3v) is 5.25. The Kier molecular flexibility index (Phi) is 3.93. The molecule has 2 nitrogen and oxygen atoms in total. The molecule has 1 amide bonds. The number of benzene rings is 1. The van der Waals surface area contributed by atoms with Gasteiger partial charge >= 0.3 is 0 Å². The molecule has 0 spiro atoms. The topological polar surface area (TPSA) is 29.1 Å². The molecule has 0 fully saturated rings. The highest BCUT2D eigenvalue weighted by molar-refractivity contribution is 7.10. The Morgan fingerprint density at radius 1 is 1.38 bits per heavy atom. The number of aryl methyl sites for hydroxylation is 1. The van der Waals surface area contributed by atoms with Gasteiger partial charge in [-0.25, -0.2) is 0 Å². The van der Waals surface area contributed by atoms with Crippen molar-refractivity contribution in [1.29, 1.82) is 0 Å². The van der Waals surface area contributed by atoms with Crippen LogP contribution in [-0.4, -0.2) is 11.9 Å². The summed E-state index contributed by atoms with van der Waals surface area (Å²) in [4.78, 5) is 13.1. The Morgan fingerprint density at radius 2 is 2.19 bits per heavy atom. The number of rotatable bonds is 3. The molecule has 1 aromatic heterocycles. The van der Waals surface area contributed by atoms with E-state index in [1.807, 2.05) is 11.3 Å². The van der Waals surface area contributed by atoms with Gasteiger partial charge in [-0.2, -0.15) is 0 Å². The van der Waals surface area contributed by atoms with Crippen molar-refractivity contribution >= 4 is 17.2 Å². The molecule has 2 aromatic rings. The fourth-order valence-electron chi connectivity index (χ4n) is 3.18. The standard InChI is InChI=1S/C18H19NOS/c1-3-17(20)19-14-10-13-8-9-21-18(13)16(11-14)15-7-5-4-6-12(15)2/h3-9,14,16H,1,10-11H2,2H3,(H,19,20)/t14-,16?/m1/s1. The maximum Gasteiger partial charge on any atom is 0.243 e. The average Bonchev–Trinajstić information content (AvgIpc) is 2.95. The number of nitrogens with one attached hydrogen (secondary N) is 1. The molecule has 108 valence electrons. The van der Waals surface area contributed by atoms with Crippen molar-refractivity contribution in [2.45, 2.75) is 31.7 Å². The molecule has 0 aliphatic heterocycles. The summed E-state index contributed by atoms with van der Waals surface area (Å²) in [6.07, 6.45) is 3.23. The molecule has 3 heteroatoms. The van der Waals surface area contributed by atoms with Gasteiger partial charge in [0.25, 0.3) is 0 Å². The van der Waals surface area contributed by atoms with Crippen molar-refractivity contribution in [2.75, 3.05) is 0 Å². The van der Waals surface area contributed by atoms with Gasteiger partial charge in [-0.15, -0.1) is 11.3 Å². The zero-order chi connectivity index (χ0) is 14.8. The van der Waals surface area contributed by atoms with E-state index < -0.39 is 0 Å². The van der Waals surface area contributed by atoms with Crippen LogP contribution < -0.4 is 5.32 Å². The SMILES string of the molecule is C=CC(=O)N[C@@H]1Cc2ccsc2C(c2ccccc2C)C1. The summed E-state index contributed by atoms with van der Waals surface area (Å²) >= 11 is 1.83. The molecule has 0 saturated heterocycles. The highest BCUT2D eigenvalue weighted by atomic mass is 32.1. The quantitative estimate of drug-likeness (QED) is 0.858. The van der Waals surface area contributed by atoms with Gasteiger partial charge in [0.15, 0.2) is 0 Å². The van der Waals surface area contributed by atoms with Crippen LogP contribution >= 0.6 is 11.3 Å². The van der Waals surface area contributed by atoms with Crippen LogP contribution in [-0.2, 0) is 11.2 Å². The van der Waals surface area contributed by atoms with Crippen molar-refractivity contribution in [3.05, 3.63) is 69.9 Å². The number of hydrogen-bond donors (Lipinski definition) is 1. The largest absolute Gasteiger partial charge is 0.349 e. The molecule has 0 bridgehead atoms. The maximum atomic E-state index is 11.6. The Labute approximate surface area is 129 Å². The summed E-state index contributed by atoms with van der Waals surface area (Å²) < 4.78 is 0. The molecule has 1 aliphatic rings. The zero-order valence-corrected chi connectivity index (χ0v) is 13.0. The summed E-state index contributed by atoms with van der Waals surface area (Å²) in [5.41, 5.74) is 4.06. The summed E-state index contributed by atoms with van der Waals surface area (Å²) in [7, 11) is 0. The third-order valence-electron chi connectivity index (χ3n) is 4.18. The fraction of sp³-hybridized carbons (Fsp3) is 0.278.